The number of hydrogen-bond donors (Lipinski definition) is 1. The summed E-state index contributed by atoms with van der Waals surface area (Å²) < 4.78 is 9.88. The zero-order valence-corrected chi connectivity index (χ0v) is 19.4. The van der Waals surface area contributed by atoms with E-state index in [0.717, 1.165) is 12.5 Å². The molecule has 0 rings (SSSR count). The molecule has 176 valence electrons. The van der Waals surface area contributed by atoms with E-state index in [1.165, 1.54) is 77.0 Å². The van der Waals surface area contributed by atoms with Crippen molar-refractivity contribution in [2.45, 2.75) is 72.1 Å². The van der Waals surface area contributed by atoms with Crippen molar-refractivity contribution in [1.82, 2.24) is 0 Å². The minimum atomic E-state index is -1.25. The molecule has 0 unspecified atom stereocenters. The SMILES string of the molecule is CCCCCCCCCC=CC=CC=CC(=CC=CC(=CC(=O)O)OC(C)=O)OC(C)=O. The molecular weight excluding hydrogens is 408 g/mol. The van der Waals surface area contributed by atoms with Gasteiger partial charge in [0, 0.05) is 13.8 Å². The average Bonchev–Trinajstić information content (AvgIpc) is 2.69. The monoisotopic (exact) mass is 444 g/mol. The first-order valence-corrected chi connectivity index (χ1v) is 11.0. The Morgan fingerprint density at radius 1 is 0.719 bits per heavy atom. The molecule has 6 heteroatoms. The highest BCUT2D eigenvalue weighted by Gasteiger charge is 2.01. The van der Waals surface area contributed by atoms with Crippen LogP contribution in [0.1, 0.15) is 72.1 Å². The number of hydrogen-bond acceptors (Lipinski definition) is 5. The number of carboxylic acid groups (broad SMARTS) is 1. The molecule has 0 radical (unpaired) electrons. The Kier molecular flexibility index (Phi) is 17.8. The lowest BCUT2D eigenvalue weighted by Crippen LogP contribution is -2.00. The summed E-state index contributed by atoms with van der Waals surface area (Å²) in [5.74, 6) is -2.27. The first-order valence-electron chi connectivity index (χ1n) is 11.0. The Morgan fingerprint density at radius 3 is 1.91 bits per heavy atom. The highest BCUT2D eigenvalue weighted by atomic mass is 16.5. The number of rotatable bonds is 16. The van der Waals surface area contributed by atoms with E-state index in [0.29, 0.717) is 0 Å². The summed E-state index contributed by atoms with van der Waals surface area (Å²) in [6, 6.07) is 0. The molecule has 0 atom stereocenters. The molecule has 0 spiro atoms. The molecule has 0 heterocycles. The van der Waals surface area contributed by atoms with Gasteiger partial charge in [0.05, 0.1) is 6.08 Å². The molecule has 0 aromatic heterocycles. The maximum atomic E-state index is 11.3. The first kappa shape index (κ1) is 28.9. The predicted molar refractivity (Wildman–Crippen MR) is 127 cm³/mol. The fraction of sp³-hybridized carbons (Fsp3) is 0.423. The highest BCUT2D eigenvalue weighted by Crippen LogP contribution is 2.09. The summed E-state index contributed by atoms with van der Waals surface area (Å²) in [5.41, 5.74) is 0. The van der Waals surface area contributed by atoms with Gasteiger partial charge in [-0.3, -0.25) is 9.59 Å². The largest absolute Gasteiger partial charge is 0.478 e. The van der Waals surface area contributed by atoms with Crippen molar-refractivity contribution in [3.05, 3.63) is 72.3 Å². The van der Waals surface area contributed by atoms with Crippen LogP contribution in [0.3, 0.4) is 0 Å². The van der Waals surface area contributed by atoms with E-state index in [1.807, 2.05) is 18.2 Å². The van der Waals surface area contributed by atoms with E-state index < -0.39 is 17.9 Å². The fourth-order valence-electron chi connectivity index (χ4n) is 2.60. The van der Waals surface area contributed by atoms with Gasteiger partial charge in [0.1, 0.15) is 11.5 Å². The van der Waals surface area contributed by atoms with Gasteiger partial charge < -0.3 is 14.6 Å². The van der Waals surface area contributed by atoms with Gasteiger partial charge in [-0.2, -0.15) is 0 Å². The summed E-state index contributed by atoms with van der Waals surface area (Å²) in [5, 5.41) is 8.80. The lowest BCUT2D eigenvalue weighted by atomic mass is 10.1. The maximum Gasteiger partial charge on any atom is 0.332 e. The van der Waals surface area contributed by atoms with Crippen molar-refractivity contribution in [2.24, 2.45) is 0 Å². The molecule has 0 aromatic carbocycles. The highest BCUT2D eigenvalue weighted by molar-refractivity contribution is 5.81. The standard InChI is InChI=1S/C26H36O6/c1-4-5-6-7-8-9-10-11-12-13-14-15-16-18-24(31-22(2)27)19-17-20-25(21-26(29)30)32-23(3)28/h12-21H,4-11H2,1-3H3,(H,29,30). The Morgan fingerprint density at radius 2 is 1.28 bits per heavy atom. The van der Waals surface area contributed by atoms with Crippen molar-refractivity contribution < 1.29 is 29.0 Å². The number of aliphatic carboxylic acids is 1. The molecular formula is C26H36O6. The van der Waals surface area contributed by atoms with Gasteiger partial charge >= 0.3 is 17.9 Å². The van der Waals surface area contributed by atoms with E-state index in [-0.39, 0.29) is 11.5 Å². The van der Waals surface area contributed by atoms with Gasteiger partial charge in [-0.25, -0.2) is 4.79 Å². The summed E-state index contributed by atoms with van der Waals surface area (Å²) in [6.45, 7) is 4.67. The molecule has 6 nitrogen and oxygen atoms in total. The molecule has 1 N–H and O–H groups in total. The smallest absolute Gasteiger partial charge is 0.332 e. The Balaban J connectivity index is 4.64. The van der Waals surface area contributed by atoms with E-state index >= 15 is 0 Å². The van der Waals surface area contributed by atoms with Crippen LogP contribution in [0.2, 0.25) is 0 Å². The molecule has 32 heavy (non-hydrogen) atoms. The topological polar surface area (TPSA) is 89.9 Å². The Hall–Kier alpha value is -3.15. The second-order valence-corrected chi connectivity index (χ2v) is 7.08. The fourth-order valence-corrected chi connectivity index (χ4v) is 2.60. The minimum Gasteiger partial charge on any atom is -0.478 e. The Bertz CT molecular complexity index is 750. The quantitative estimate of drug-likeness (QED) is 0.0983. The van der Waals surface area contributed by atoms with E-state index in [2.05, 4.69) is 13.0 Å². The van der Waals surface area contributed by atoms with Gasteiger partial charge in [0.15, 0.2) is 0 Å². The number of ether oxygens (including phenoxy) is 2. The van der Waals surface area contributed by atoms with Crippen LogP contribution in [0.15, 0.2) is 72.3 Å². The van der Waals surface area contributed by atoms with Crippen molar-refractivity contribution in [3.8, 4) is 0 Å². The number of unbranched alkanes of at least 4 members (excludes halogenated alkanes) is 7. The molecule has 0 saturated heterocycles. The van der Waals surface area contributed by atoms with Gasteiger partial charge in [-0.15, -0.1) is 0 Å². The third-order valence-electron chi connectivity index (χ3n) is 4.01. The van der Waals surface area contributed by atoms with E-state index in [9.17, 15) is 14.4 Å². The second kappa shape index (κ2) is 19.8. The van der Waals surface area contributed by atoms with E-state index in [4.69, 9.17) is 14.6 Å². The van der Waals surface area contributed by atoms with Crippen LogP contribution < -0.4 is 0 Å². The van der Waals surface area contributed by atoms with Crippen LogP contribution in [-0.2, 0) is 23.9 Å². The molecule has 0 aromatic rings. The van der Waals surface area contributed by atoms with Crippen LogP contribution >= 0.6 is 0 Å². The molecule has 0 aliphatic heterocycles. The van der Waals surface area contributed by atoms with Crippen molar-refractivity contribution in [2.75, 3.05) is 0 Å². The van der Waals surface area contributed by atoms with Crippen LogP contribution in [0.4, 0.5) is 0 Å². The number of esters is 2. The zero-order valence-electron chi connectivity index (χ0n) is 19.4. The second-order valence-electron chi connectivity index (χ2n) is 7.08. The van der Waals surface area contributed by atoms with Gasteiger partial charge in [-0.05, 0) is 31.1 Å². The zero-order chi connectivity index (χ0) is 24.0. The molecule has 0 bridgehead atoms. The molecule has 0 fully saturated rings. The van der Waals surface area contributed by atoms with Gasteiger partial charge in [0.2, 0.25) is 0 Å². The van der Waals surface area contributed by atoms with E-state index in [1.54, 1.807) is 12.2 Å². The molecule has 0 aliphatic carbocycles. The summed E-state index contributed by atoms with van der Waals surface area (Å²) in [4.78, 5) is 33.1. The molecule has 0 amide bonds. The normalized spacial score (nSPS) is 13.0. The third kappa shape index (κ3) is 20.1. The van der Waals surface area contributed by atoms with Crippen molar-refractivity contribution in [3.63, 3.8) is 0 Å². The van der Waals surface area contributed by atoms with Crippen LogP contribution in [-0.4, -0.2) is 23.0 Å². The summed E-state index contributed by atoms with van der Waals surface area (Å²) >= 11 is 0. The number of carbonyl (C=O) groups is 3. The third-order valence-corrected chi connectivity index (χ3v) is 4.01. The lowest BCUT2D eigenvalue weighted by Gasteiger charge is -2.01. The van der Waals surface area contributed by atoms with Crippen LogP contribution in [0.25, 0.3) is 0 Å². The summed E-state index contributed by atoms with van der Waals surface area (Å²) in [6.07, 6.45) is 26.2. The Labute approximate surface area is 191 Å². The minimum absolute atomic E-state index is 0.140. The van der Waals surface area contributed by atoms with Crippen LogP contribution in [0.5, 0.6) is 0 Å². The first-order chi connectivity index (χ1) is 15.3. The summed E-state index contributed by atoms with van der Waals surface area (Å²) in [7, 11) is 0. The van der Waals surface area contributed by atoms with Gasteiger partial charge in [-0.1, -0.05) is 81.9 Å². The van der Waals surface area contributed by atoms with Crippen molar-refractivity contribution in [1.29, 1.82) is 0 Å². The van der Waals surface area contributed by atoms with Crippen LogP contribution in [0, 0.1) is 0 Å². The molecule has 0 aliphatic rings. The van der Waals surface area contributed by atoms with Crippen molar-refractivity contribution >= 4 is 17.9 Å². The predicted octanol–water partition coefficient (Wildman–Crippen LogP) is 6.33. The molecule has 0 saturated carbocycles. The number of carbonyl (C=O) groups excluding carboxylic acids is 2. The maximum absolute atomic E-state index is 11.3. The lowest BCUT2D eigenvalue weighted by molar-refractivity contribution is -0.137. The average molecular weight is 445 g/mol. The number of allylic oxidation sites excluding steroid dienone is 9. The van der Waals surface area contributed by atoms with Gasteiger partial charge in [0.25, 0.3) is 0 Å². The number of carboxylic acids is 1.